The fraction of sp³-hybridized carbons (Fsp3) is 0.333. The average molecular weight is 255 g/mol. The Hall–Kier alpha value is -0.950. The molecule has 7 heteroatoms. The van der Waals surface area contributed by atoms with Crippen LogP contribution in [-0.2, 0) is 0 Å². The van der Waals surface area contributed by atoms with Crippen LogP contribution in [0.15, 0.2) is 12.1 Å². The highest BCUT2D eigenvalue weighted by molar-refractivity contribution is 7.80. The maximum atomic E-state index is 13.3. The summed E-state index contributed by atoms with van der Waals surface area (Å²) in [7, 11) is 0. The lowest BCUT2D eigenvalue weighted by molar-refractivity contribution is -0.0525. The van der Waals surface area contributed by atoms with Crippen LogP contribution in [0.4, 0.5) is 17.6 Å². The van der Waals surface area contributed by atoms with E-state index in [1.165, 1.54) is 0 Å². The van der Waals surface area contributed by atoms with Gasteiger partial charge in [-0.1, -0.05) is 6.07 Å². The molecule has 1 atom stereocenters. The zero-order valence-electron chi connectivity index (χ0n) is 7.96. The summed E-state index contributed by atoms with van der Waals surface area (Å²) in [5, 5.41) is 0. The van der Waals surface area contributed by atoms with Gasteiger partial charge in [-0.05, 0) is 6.07 Å². The van der Waals surface area contributed by atoms with E-state index < -0.39 is 30.0 Å². The predicted molar refractivity (Wildman–Crippen MR) is 53.8 cm³/mol. The lowest BCUT2D eigenvalue weighted by Gasteiger charge is -2.12. The van der Waals surface area contributed by atoms with E-state index in [1.807, 2.05) is 0 Å². The number of benzene rings is 1. The first kappa shape index (κ1) is 13.1. The molecular weight excluding hydrogens is 246 g/mol. The van der Waals surface area contributed by atoms with E-state index in [0.717, 1.165) is 12.1 Å². The van der Waals surface area contributed by atoms with E-state index in [1.54, 1.807) is 0 Å². The summed E-state index contributed by atoms with van der Waals surface area (Å²) in [6.07, 6.45) is 0. The molecule has 0 aliphatic heterocycles. The molecule has 2 N–H and O–H groups in total. The van der Waals surface area contributed by atoms with Crippen LogP contribution in [0.1, 0.15) is 11.6 Å². The van der Waals surface area contributed by atoms with E-state index in [-0.39, 0.29) is 11.3 Å². The third kappa shape index (κ3) is 2.79. The van der Waals surface area contributed by atoms with Crippen LogP contribution in [0.25, 0.3) is 0 Å². The molecule has 0 spiro atoms. The molecular formula is C9H9F4NOS. The summed E-state index contributed by atoms with van der Waals surface area (Å²) >= 11 is 3.82. The minimum atomic E-state index is -3.21. The minimum absolute atomic E-state index is 0.103. The van der Waals surface area contributed by atoms with Gasteiger partial charge >= 0.3 is 6.61 Å². The van der Waals surface area contributed by atoms with E-state index in [2.05, 4.69) is 17.4 Å². The SMILES string of the molecule is NC(CS)c1ccc(OC(F)F)c(F)c1F. The molecule has 0 aliphatic carbocycles. The Kier molecular flexibility index (Phi) is 4.43. The number of alkyl halides is 2. The Morgan fingerprint density at radius 3 is 2.38 bits per heavy atom. The van der Waals surface area contributed by atoms with Crippen molar-refractivity contribution in [3.63, 3.8) is 0 Å². The molecule has 0 amide bonds. The first-order valence-electron chi connectivity index (χ1n) is 4.26. The van der Waals surface area contributed by atoms with Crippen molar-refractivity contribution in [1.82, 2.24) is 0 Å². The molecule has 0 saturated heterocycles. The van der Waals surface area contributed by atoms with Crippen LogP contribution in [0.5, 0.6) is 5.75 Å². The summed E-state index contributed by atoms with van der Waals surface area (Å²) in [4.78, 5) is 0. The number of ether oxygens (including phenoxy) is 1. The van der Waals surface area contributed by atoms with Crippen LogP contribution < -0.4 is 10.5 Å². The van der Waals surface area contributed by atoms with Crippen LogP contribution in [0.3, 0.4) is 0 Å². The Morgan fingerprint density at radius 2 is 1.88 bits per heavy atom. The first-order valence-corrected chi connectivity index (χ1v) is 4.89. The average Bonchev–Trinajstić information content (AvgIpc) is 2.23. The van der Waals surface area contributed by atoms with Crippen molar-refractivity contribution < 1.29 is 22.3 Å². The fourth-order valence-corrected chi connectivity index (χ4v) is 1.32. The molecule has 0 fully saturated rings. The van der Waals surface area contributed by atoms with Gasteiger partial charge in [0.25, 0.3) is 0 Å². The minimum Gasteiger partial charge on any atom is -0.432 e. The predicted octanol–water partition coefficient (Wildman–Crippen LogP) is 2.50. The van der Waals surface area contributed by atoms with Crippen molar-refractivity contribution in [1.29, 1.82) is 0 Å². The molecule has 1 unspecified atom stereocenters. The maximum Gasteiger partial charge on any atom is 0.387 e. The zero-order chi connectivity index (χ0) is 12.3. The normalized spacial score (nSPS) is 12.9. The summed E-state index contributed by atoms with van der Waals surface area (Å²) in [5.41, 5.74) is 5.31. The van der Waals surface area contributed by atoms with Crippen LogP contribution >= 0.6 is 12.6 Å². The van der Waals surface area contributed by atoms with Gasteiger partial charge in [0.1, 0.15) is 0 Å². The molecule has 0 saturated carbocycles. The molecule has 0 aliphatic rings. The molecule has 16 heavy (non-hydrogen) atoms. The number of thiol groups is 1. The molecule has 0 aromatic heterocycles. The number of hydrogen-bond acceptors (Lipinski definition) is 3. The monoisotopic (exact) mass is 255 g/mol. The van der Waals surface area contributed by atoms with Crippen molar-refractivity contribution in [2.75, 3.05) is 5.75 Å². The van der Waals surface area contributed by atoms with Gasteiger partial charge in [0.05, 0.1) is 0 Å². The number of halogens is 4. The van der Waals surface area contributed by atoms with Crippen LogP contribution in [0.2, 0.25) is 0 Å². The summed E-state index contributed by atoms with van der Waals surface area (Å²) in [6, 6.07) is 1.19. The second-order valence-corrected chi connectivity index (χ2v) is 3.31. The highest BCUT2D eigenvalue weighted by atomic mass is 32.1. The quantitative estimate of drug-likeness (QED) is 0.640. The summed E-state index contributed by atoms with van der Waals surface area (Å²) in [5.74, 6) is -3.51. The van der Waals surface area contributed by atoms with Crippen molar-refractivity contribution in [2.24, 2.45) is 5.73 Å². The molecule has 0 bridgehead atoms. The van der Waals surface area contributed by atoms with Gasteiger partial charge in [-0.15, -0.1) is 0 Å². The van der Waals surface area contributed by atoms with E-state index in [0.29, 0.717) is 0 Å². The van der Waals surface area contributed by atoms with Crippen LogP contribution in [-0.4, -0.2) is 12.4 Å². The fourth-order valence-electron chi connectivity index (χ4n) is 1.12. The Balaban J connectivity index is 3.08. The summed E-state index contributed by atoms with van der Waals surface area (Å²) < 4.78 is 53.9. The second kappa shape index (κ2) is 5.40. The Morgan fingerprint density at radius 1 is 1.25 bits per heavy atom. The number of hydrogen-bond donors (Lipinski definition) is 2. The molecule has 0 heterocycles. The third-order valence-corrected chi connectivity index (χ3v) is 2.28. The van der Waals surface area contributed by atoms with Gasteiger partial charge in [-0.25, -0.2) is 4.39 Å². The van der Waals surface area contributed by atoms with E-state index >= 15 is 0 Å². The standard InChI is InChI=1S/C9H9F4NOS/c10-7-4(5(14)3-16)1-2-6(8(7)11)15-9(12)13/h1-2,5,9,16H,3,14H2. The van der Waals surface area contributed by atoms with Crippen molar-refractivity contribution in [3.8, 4) is 5.75 Å². The van der Waals surface area contributed by atoms with Crippen molar-refractivity contribution in [2.45, 2.75) is 12.7 Å². The topological polar surface area (TPSA) is 35.2 Å². The number of nitrogens with two attached hydrogens (primary N) is 1. The molecule has 2 nitrogen and oxygen atoms in total. The smallest absolute Gasteiger partial charge is 0.387 e. The van der Waals surface area contributed by atoms with Gasteiger partial charge < -0.3 is 10.5 Å². The van der Waals surface area contributed by atoms with Crippen molar-refractivity contribution in [3.05, 3.63) is 29.3 Å². The molecule has 0 radical (unpaired) electrons. The van der Waals surface area contributed by atoms with Gasteiger partial charge in [-0.3, -0.25) is 0 Å². The Labute approximate surface area is 94.8 Å². The van der Waals surface area contributed by atoms with Gasteiger partial charge in [-0.2, -0.15) is 25.8 Å². The molecule has 1 aromatic rings. The molecule has 90 valence electrons. The van der Waals surface area contributed by atoms with Crippen molar-refractivity contribution >= 4 is 12.6 Å². The van der Waals surface area contributed by atoms with Gasteiger partial charge in [0.2, 0.25) is 5.82 Å². The first-order chi connectivity index (χ1) is 7.47. The Bertz CT molecular complexity index is 375. The van der Waals surface area contributed by atoms with Gasteiger partial charge in [0.15, 0.2) is 11.6 Å². The highest BCUT2D eigenvalue weighted by Gasteiger charge is 2.19. The highest BCUT2D eigenvalue weighted by Crippen LogP contribution is 2.27. The summed E-state index contributed by atoms with van der Waals surface area (Å²) in [6.45, 7) is -3.21. The molecule has 1 rings (SSSR count). The van der Waals surface area contributed by atoms with Gasteiger partial charge in [0, 0.05) is 17.4 Å². The lowest BCUT2D eigenvalue weighted by atomic mass is 10.1. The third-order valence-electron chi connectivity index (χ3n) is 1.89. The second-order valence-electron chi connectivity index (χ2n) is 2.95. The molecule has 1 aromatic carbocycles. The largest absolute Gasteiger partial charge is 0.432 e. The number of rotatable bonds is 4. The zero-order valence-corrected chi connectivity index (χ0v) is 8.86. The van der Waals surface area contributed by atoms with E-state index in [9.17, 15) is 17.6 Å². The maximum absolute atomic E-state index is 13.3. The van der Waals surface area contributed by atoms with Crippen LogP contribution in [0, 0.1) is 11.6 Å². The lowest BCUT2D eigenvalue weighted by Crippen LogP contribution is -2.15. The van der Waals surface area contributed by atoms with E-state index in [4.69, 9.17) is 5.73 Å².